The van der Waals surface area contributed by atoms with E-state index in [4.69, 9.17) is 5.73 Å². The normalized spacial score (nSPS) is 20.8. The number of nitrogens with zero attached hydrogens (tertiary/aromatic N) is 3. The summed E-state index contributed by atoms with van der Waals surface area (Å²) in [4.78, 5) is 22.0. The number of nitrogens with two attached hydrogens (primary N) is 1. The first-order valence-corrected chi connectivity index (χ1v) is 6.02. The molecule has 102 valence electrons. The molecule has 0 saturated heterocycles. The molecule has 1 unspecified atom stereocenters. The van der Waals surface area contributed by atoms with E-state index in [2.05, 4.69) is 15.0 Å². The number of fused-ring (bicyclic) bond motifs is 1. The molecule has 1 aliphatic carbocycles. The van der Waals surface area contributed by atoms with E-state index in [1.54, 1.807) is 10.9 Å². The quantitative estimate of drug-likeness (QED) is 0.543. The average molecular weight is 265 g/mol. The molecule has 1 saturated carbocycles. The molecule has 2 aromatic rings. The summed E-state index contributed by atoms with van der Waals surface area (Å²) in [6.45, 7) is 0.485. The molecule has 8 heteroatoms. The average Bonchev–Trinajstić information content (AvgIpc) is 2.94. The number of anilines is 1. The molecule has 0 aromatic carbocycles. The Hall–Kier alpha value is -1.93. The van der Waals surface area contributed by atoms with Crippen LogP contribution in [0.2, 0.25) is 0 Å². The number of aromatic amines is 1. The monoisotopic (exact) mass is 265 g/mol. The third-order valence-corrected chi connectivity index (χ3v) is 3.91. The highest BCUT2D eigenvalue weighted by atomic mass is 16.3. The molecular weight excluding hydrogens is 250 g/mol. The first kappa shape index (κ1) is 12.1. The van der Waals surface area contributed by atoms with Gasteiger partial charge < -0.3 is 25.5 Å². The second-order valence-corrected chi connectivity index (χ2v) is 5.10. The van der Waals surface area contributed by atoms with E-state index in [0.717, 1.165) is 6.42 Å². The number of aliphatic hydroxyl groups is 2. The molecule has 2 aromatic heterocycles. The van der Waals surface area contributed by atoms with Crippen molar-refractivity contribution in [2.75, 3.05) is 18.9 Å². The Morgan fingerprint density at radius 2 is 2.26 bits per heavy atom. The molecule has 1 atom stereocenters. The number of aromatic nitrogens is 4. The number of nitrogens with one attached hydrogen (secondary N) is 1. The third kappa shape index (κ3) is 1.80. The van der Waals surface area contributed by atoms with Gasteiger partial charge in [0.1, 0.15) is 5.65 Å². The predicted molar refractivity (Wildman–Crippen MR) is 67.3 cm³/mol. The highest BCUT2D eigenvalue weighted by molar-refractivity contribution is 5.70. The van der Waals surface area contributed by atoms with Crippen LogP contribution in [0.25, 0.3) is 11.2 Å². The van der Waals surface area contributed by atoms with Crippen LogP contribution >= 0.6 is 0 Å². The summed E-state index contributed by atoms with van der Waals surface area (Å²) in [6.07, 6.45) is 2.30. The fourth-order valence-electron chi connectivity index (χ4n) is 2.48. The van der Waals surface area contributed by atoms with Gasteiger partial charge in [-0.15, -0.1) is 0 Å². The Kier molecular flexibility index (Phi) is 2.58. The van der Waals surface area contributed by atoms with Gasteiger partial charge in [-0.2, -0.15) is 4.98 Å². The molecule has 0 aliphatic heterocycles. The molecule has 1 aliphatic rings. The van der Waals surface area contributed by atoms with Crippen molar-refractivity contribution in [3.8, 4) is 0 Å². The lowest BCUT2D eigenvalue weighted by atomic mass is 10.1. The maximum Gasteiger partial charge on any atom is 0.302 e. The van der Waals surface area contributed by atoms with Gasteiger partial charge in [0.15, 0.2) is 5.52 Å². The van der Waals surface area contributed by atoms with E-state index in [1.165, 1.54) is 0 Å². The first-order chi connectivity index (χ1) is 9.09. The van der Waals surface area contributed by atoms with Crippen LogP contribution in [-0.4, -0.2) is 42.9 Å². The molecule has 5 N–H and O–H groups in total. The second-order valence-electron chi connectivity index (χ2n) is 5.10. The van der Waals surface area contributed by atoms with Crippen LogP contribution in [0, 0.1) is 11.3 Å². The minimum atomic E-state index is -0.462. The maximum absolute atomic E-state index is 11.6. The lowest BCUT2D eigenvalue weighted by molar-refractivity contribution is 0.119. The molecule has 3 rings (SSSR count). The van der Waals surface area contributed by atoms with Crippen molar-refractivity contribution < 1.29 is 10.2 Å². The summed E-state index contributed by atoms with van der Waals surface area (Å²) in [7, 11) is 0. The van der Waals surface area contributed by atoms with Crippen molar-refractivity contribution in [2.24, 2.45) is 11.3 Å². The fraction of sp³-hybridized carbons (Fsp3) is 0.545. The van der Waals surface area contributed by atoms with Gasteiger partial charge in [0.25, 0.3) is 0 Å². The molecule has 19 heavy (non-hydrogen) atoms. The predicted octanol–water partition coefficient (Wildman–Crippen LogP) is -1.31. The van der Waals surface area contributed by atoms with Crippen LogP contribution in [0.5, 0.6) is 0 Å². The fourth-order valence-corrected chi connectivity index (χ4v) is 2.48. The van der Waals surface area contributed by atoms with Gasteiger partial charge in [0.2, 0.25) is 5.95 Å². The van der Waals surface area contributed by atoms with Gasteiger partial charge in [-0.25, -0.2) is 4.98 Å². The van der Waals surface area contributed by atoms with E-state index in [1.807, 2.05) is 0 Å². The number of hydrogen-bond acceptors (Lipinski definition) is 6. The van der Waals surface area contributed by atoms with Gasteiger partial charge in [-0.05, 0) is 12.3 Å². The lowest BCUT2D eigenvalue weighted by Gasteiger charge is -2.11. The number of nitrogen functional groups attached to an aromatic ring is 1. The van der Waals surface area contributed by atoms with Gasteiger partial charge in [-0.3, -0.25) is 4.79 Å². The molecule has 2 heterocycles. The van der Waals surface area contributed by atoms with E-state index in [-0.39, 0.29) is 30.6 Å². The van der Waals surface area contributed by atoms with E-state index < -0.39 is 11.0 Å². The zero-order valence-electron chi connectivity index (χ0n) is 10.2. The number of H-pyrrole nitrogens is 1. The molecule has 0 radical (unpaired) electrons. The van der Waals surface area contributed by atoms with Crippen molar-refractivity contribution >= 4 is 17.1 Å². The number of imidazole rings is 1. The Labute approximate surface area is 107 Å². The zero-order chi connectivity index (χ0) is 13.6. The van der Waals surface area contributed by atoms with Crippen molar-refractivity contribution in [3.05, 3.63) is 16.7 Å². The standard InChI is InChI=1S/C11H15N5O3/c12-10-14-8-7(9(19)15-10)13-5-16(8)2-6-1-11(6,3-17)4-18/h5-6,17-18H,1-4H2,(H3,12,14,15,19). The van der Waals surface area contributed by atoms with Crippen LogP contribution in [0.4, 0.5) is 5.95 Å². The summed E-state index contributed by atoms with van der Waals surface area (Å²) in [5.74, 6) is 0.211. The lowest BCUT2D eigenvalue weighted by Crippen LogP contribution is -2.18. The minimum Gasteiger partial charge on any atom is -0.396 e. The first-order valence-electron chi connectivity index (χ1n) is 6.02. The topological polar surface area (TPSA) is 130 Å². The SMILES string of the molecule is Nc1nc(=O)c2ncn(CC3CC3(CO)CO)c2[nH]1. The summed E-state index contributed by atoms with van der Waals surface area (Å²) in [5.41, 5.74) is 5.41. The Balaban J connectivity index is 1.93. The Bertz CT molecular complexity index is 673. The summed E-state index contributed by atoms with van der Waals surface area (Å²) >= 11 is 0. The number of rotatable bonds is 4. The van der Waals surface area contributed by atoms with E-state index in [9.17, 15) is 15.0 Å². The van der Waals surface area contributed by atoms with Gasteiger partial charge in [0, 0.05) is 12.0 Å². The number of aliphatic hydroxyl groups excluding tert-OH is 2. The van der Waals surface area contributed by atoms with Crippen molar-refractivity contribution in [3.63, 3.8) is 0 Å². The van der Waals surface area contributed by atoms with Crippen LogP contribution < -0.4 is 11.3 Å². The van der Waals surface area contributed by atoms with Crippen LogP contribution in [0.3, 0.4) is 0 Å². The zero-order valence-corrected chi connectivity index (χ0v) is 10.2. The van der Waals surface area contributed by atoms with Gasteiger partial charge >= 0.3 is 5.56 Å². The van der Waals surface area contributed by atoms with Gasteiger partial charge in [0.05, 0.1) is 19.5 Å². The van der Waals surface area contributed by atoms with Crippen molar-refractivity contribution in [1.82, 2.24) is 19.5 Å². The largest absolute Gasteiger partial charge is 0.396 e. The molecule has 0 spiro atoms. The van der Waals surface area contributed by atoms with Crippen LogP contribution in [0.15, 0.2) is 11.1 Å². The summed E-state index contributed by atoms with van der Waals surface area (Å²) in [6, 6.07) is 0. The molecule has 0 amide bonds. The molecule has 1 fully saturated rings. The molecular formula is C11H15N5O3. The summed E-state index contributed by atoms with van der Waals surface area (Å²) in [5, 5.41) is 18.6. The highest BCUT2D eigenvalue weighted by Gasteiger charge is 2.53. The van der Waals surface area contributed by atoms with Crippen molar-refractivity contribution in [1.29, 1.82) is 0 Å². The Morgan fingerprint density at radius 1 is 1.53 bits per heavy atom. The molecule has 8 nitrogen and oxygen atoms in total. The smallest absolute Gasteiger partial charge is 0.302 e. The van der Waals surface area contributed by atoms with Crippen LogP contribution in [-0.2, 0) is 6.54 Å². The summed E-state index contributed by atoms with van der Waals surface area (Å²) < 4.78 is 1.77. The second kappa shape index (κ2) is 4.04. The highest BCUT2D eigenvalue weighted by Crippen LogP contribution is 2.52. The third-order valence-electron chi connectivity index (χ3n) is 3.91. The van der Waals surface area contributed by atoms with Crippen LogP contribution in [0.1, 0.15) is 6.42 Å². The molecule has 0 bridgehead atoms. The van der Waals surface area contributed by atoms with E-state index >= 15 is 0 Å². The minimum absolute atomic E-state index is 0.0407. The van der Waals surface area contributed by atoms with Gasteiger partial charge in [-0.1, -0.05) is 0 Å². The maximum atomic E-state index is 11.6. The van der Waals surface area contributed by atoms with E-state index in [0.29, 0.717) is 12.2 Å². The van der Waals surface area contributed by atoms with Crippen molar-refractivity contribution in [2.45, 2.75) is 13.0 Å². The number of hydrogen-bond donors (Lipinski definition) is 4. The Morgan fingerprint density at radius 3 is 2.89 bits per heavy atom.